The van der Waals surface area contributed by atoms with Gasteiger partial charge in [0.1, 0.15) is 6.61 Å². The van der Waals surface area contributed by atoms with Crippen LogP contribution in [0.25, 0.3) is 0 Å². The predicted octanol–water partition coefficient (Wildman–Crippen LogP) is -0.956. The molecule has 6 heteroatoms. The van der Waals surface area contributed by atoms with E-state index in [0.717, 1.165) is 6.08 Å². The maximum atomic E-state index is 10.4. The Kier molecular flexibility index (Phi) is 12.5. The summed E-state index contributed by atoms with van der Waals surface area (Å²) in [6, 6.07) is 0. The molecule has 0 spiro atoms. The van der Waals surface area contributed by atoms with Gasteiger partial charge in [-0.25, -0.2) is 4.79 Å². The summed E-state index contributed by atoms with van der Waals surface area (Å²) in [5, 5.41) is 10.3. The minimum absolute atomic E-state index is 0.246. The number of aliphatic hydroxyl groups is 1. The van der Waals surface area contributed by atoms with Gasteiger partial charge in [0.05, 0.1) is 0 Å². The maximum absolute atomic E-state index is 10.4. The minimum Gasteiger partial charge on any atom is -0.443 e. The fourth-order valence-electron chi connectivity index (χ4n) is 0.306. The Morgan fingerprint density at radius 3 is 2.36 bits per heavy atom. The molecule has 0 aromatic carbocycles. The third-order valence-corrected chi connectivity index (χ3v) is 0.794. The molecule has 0 aliphatic carbocycles. The summed E-state index contributed by atoms with van der Waals surface area (Å²) in [7, 11) is 3.25. The predicted molar refractivity (Wildman–Crippen MR) is 49.3 cm³/mol. The molecule has 14 heavy (non-hydrogen) atoms. The molecule has 0 saturated heterocycles. The van der Waals surface area contributed by atoms with Crippen LogP contribution in [0, 0.1) is 0 Å². The second kappa shape index (κ2) is 11.6. The van der Waals surface area contributed by atoms with E-state index in [1.807, 2.05) is 0 Å². The molecule has 0 aliphatic heterocycles. The van der Waals surface area contributed by atoms with E-state index in [0.29, 0.717) is 0 Å². The van der Waals surface area contributed by atoms with E-state index in [1.54, 1.807) is 14.2 Å². The summed E-state index contributed by atoms with van der Waals surface area (Å²) in [5.41, 5.74) is 0. The third-order valence-electron chi connectivity index (χ3n) is 0.794. The Morgan fingerprint density at radius 1 is 1.50 bits per heavy atom. The largest absolute Gasteiger partial charge is 0.443 e. The maximum Gasteiger partial charge on any atom is 0.333 e. The van der Waals surface area contributed by atoms with E-state index in [9.17, 15) is 9.59 Å². The molecule has 0 rings (SSSR count). The number of nitrogens with one attached hydrogen (secondary N) is 1. The molecular formula is C8H15NO5. The molecule has 0 saturated carbocycles. The first-order chi connectivity index (χ1) is 6.62. The van der Waals surface area contributed by atoms with Crippen molar-refractivity contribution in [1.29, 1.82) is 0 Å². The molecule has 82 valence electrons. The van der Waals surface area contributed by atoms with Gasteiger partial charge in [0.25, 0.3) is 0 Å². The van der Waals surface area contributed by atoms with Crippen LogP contribution in [0.2, 0.25) is 0 Å². The first-order valence-corrected chi connectivity index (χ1v) is 3.69. The summed E-state index contributed by atoms with van der Waals surface area (Å²) in [6.07, 6.45) is 1.05. The second-order valence-electron chi connectivity index (χ2n) is 1.97. The van der Waals surface area contributed by atoms with E-state index >= 15 is 0 Å². The number of hydrogen-bond acceptors (Lipinski definition) is 5. The third kappa shape index (κ3) is 13.2. The van der Waals surface area contributed by atoms with Crippen molar-refractivity contribution in [2.75, 3.05) is 27.6 Å². The van der Waals surface area contributed by atoms with Gasteiger partial charge in [-0.05, 0) is 6.08 Å². The summed E-state index contributed by atoms with van der Waals surface area (Å²) in [4.78, 5) is 20.6. The molecule has 0 aromatic heterocycles. The lowest BCUT2D eigenvalue weighted by Crippen LogP contribution is -2.26. The number of methoxy groups -OCH3 is 1. The van der Waals surface area contributed by atoms with Crippen molar-refractivity contribution in [3.05, 3.63) is 12.7 Å². The minimum atomic E-state index is -0.783. The molecule has 0 aliphatic rings. The van der Waals surface area contributed by atoms with Crippen LogP contribution in [-0.4, -0.2) is 44.5 Å². The van der Waals surface area contributed by atoms with E-state index in [1.165, 1.54) is 0 Å². The molecule has 6 nitrogen and oxygen atoms in total. The number of esters is 1. The Labute approximate surface area is 82.5 Å². The van der Waals surface area contributed by atoms with E-state index < -0.39 is 18.5 Å². The van der Waals surface area contributed by atoms with Gasteiger partial charge in [0.15, 0.2) is 6.73 Å². The number of aliphatic hydroxyl groups excluding tert-OH is 1. The Balaban J connectivity index is 0. The number of carbonyl (C=O) groups is 2. The Hall–Kier alpha value is -1.40. The monoisotopic (exact) mass is 205 g/mol. The lowest BCUT2D eigenvalue weighted by atomic mass is 10.6. The van der Waals surface area contributed by atoms with Gasteiger partial charge in [0, 0.05) is 14.2 Å². The molecule has 0 radical (unpaired) electrons. The standard InChI is InChI=1S/C6H9NO4.C2H6O/c1-2-5(9)7-4-11-6(10)3-8;1-3-2/h2,8H,1,3-4H2,(H,7,9);1-2H3. The quantitative estimate of drug-likeness (QED) is 0.351. The van der Waals surface area contributed by atoms with Crippen molar-refractivity contribution in [3.8, 4) is 0 Å². The first-order valence-electron chi connectivity index (χ1n) is 3.69. The van der Waals surface area contributed by atoms with Crippen LogP contribution in [0.4, 0.5) is 0 Å². The highest BCUT2D eigenvalue weighted by atomic mass is 16.6. The molecule has 0 unspecified atom stereocenters. The van der Waals surface area contributed by atoms with Gasteiger partial charge in [-0.15, -0.1) is 0 Å². The average molecular weight is 205 g/mol. The van der Waals surface area contributed by atoms with Gasteiger partial charge in [0.2, 0.25) is 5.91 Å². The normalized spacial score (nSPS) is 7.93. The van der Waals surface area contributed by atoms with Crippen LogP contribution >= 0.6 is 0 Å². The molecule has 0 fully saturated rings. The fourth-order valence-corrected chi connectivity index (χ4v) is 0.306. The van der Waals surface area contributed by atoms with Crippen LogP contribution in [0.1, 0.15) is 0 Å². The number of hydrogen-bond donors (Lipinski definition) is 2. The van der Waals surface area contributed by atoms with Crippen molar-refractivity contribution in [2.24, 2.45) is 0 Å². The lowest BCUT2D eigenvalue weighted by Gasteiger charge is -2.01. The number of rotatable bonds is 4. The van der Waals surface area contributed by atoms with Crippen LogP contribution in [-0.2, 0) is 19.1 Å². The van der Waals surface area contributed by atoms with E-state index in [4.69, 9.17) is 5.11 Å². The molecule has 0 atom stereocenters. The molecule has 0 heterocycles. The van der Waals surface area contributed by atoms with Crippen molar-refractivity contribution in [2.45, 2.75) is 0 Å². The zero-order valence-electron chi connectivity index (χ0n) is 8.28. The van der Waals surface area contributed by atoms with Crippen molar-refractivity contribution in [3.63, 3.8) is 0 Å². The van der Waals surface area contributed by atoms with E-state index in [-0.39, 0.29) is 6.73 Å². The Morgan fingerprint density at radius 2 is 2.00 bits per heavy atom. The average Bonchev–Trinajstić information content (AvgIpc) is 2.18. The van der Waals surface area contributed by atoms with Gasteiger partial charge in [-0.1, -0.05) is 6.58 Å². The van der Waals surface area contributed by atoms with Crippen molar-refractivity contribution in [1.82, 2.24) is 5.32 Å². The summed E-state index contributed by atoms with van der Waals surface area (Å²) < 4.78 is 8.54. The number of carbonyl (C=O) groups excluding carboxylic acids is 2. The topological polar surface area (TPSA) is 84.9 Å². The number of ether oxygens (including phenoxy) is 2. The smallest absolute Gasteiger partial charge is 0.333 e. The van der Waals surface area contributed by atoms with Gasteiger partial charge in [-0.3, -0.25) is 4.79 Å². The summed E-state index contributed by atoms with van der Waals surface area (Å²) >= 11 is 0. The summed E-state index contributed by atoms with van der Waals surface area (Å²) in [6.45, 7) is 2.24. The zero-order valence-corrected chi connectivity index (χ0v) is 8.28. The SMILES string of the molecule is C=CC(=O)NCOC(=O)CO.COC. The highest BCUT2D eigenvalue weighted by Gasteiger charge is 1.98. The lowest BCUT2D eigenvalue weighted by molar-refractivity contribution is -0.148. The zero-order chi connectivity index (χ0) is 11.4. The highest BCUT2D eigenvalue weighted by molar-refractivity contribution is 5.86. The Bertz CT molecular complexity index is 181. The van der Waals surface area contributed by atoms with Crippen LogP contribution in [0.5, 0.6) is 0 Å². The highest BCUT2D eigenvalue weighted by Crippen LogP contribution is 1.73. The van der Waals surface area contributed by atoms with Crippen LogP contribution in [0.3, 0.4) is 0 Å². The molecular weight excluding hydrogens is 190 g/mol. The fraction of sp³-hybridized carbons (Fsp3) is 0.500. The molecule has 1 amide bonds. The van der Waals surface area contributed by atoms with Crippen LogP contribution in [0.15, 0.2) is 12.7 Å². The van der Waals surface area contributed by atoms with Gasteiger partial charge in [-0.2, -0.15) is 0 Å². The number of amides is 1. The molecule has 2 N–H and O–H groups in total. The van der Waals surface area contributed by atoms with E-state index in [2.05, 4.69) is 21.4 Å². The van der Waals surface area contributed by atoms with Crippen molar-refractivity contribution < 1.29 is 24.2 Å². The molecule has 0 bridgehead atoms. The first kappa shape index (κ1) is 15.1. The summed E-state index contributed by atoms with van der Waals surface area (Å²) in [5.74, 6) is -1.22. The van der Waals surface area contributed by atoms with Crippen molar-refractivity contribution >= 4 is 11.9 Å². The van der Waals surface area contributed by atoms with Crippen LogP contribution < -0.4 is 5.32 Å². The van der Waals surface area contributed by atoms with Gasteiger partial charge < -0.3 is 19.9 Å². The second-order valence-corrected chi connectivity index (χ2v) is 1.97. The molecule has 0 aromatic rings. The van der Waals surface area contributed by atoms with Gasteiger partial charge >= 0.3 is 5.97 Å².